The van der Waals surface area contributed by atoms with Crippen LogP contribution in [0.1, 0.15) is 0 Å². The van der Waals surface area contributed by atoms with Crippen LogP contribution in [0.5, 0.6) is 0 Å². The molecule has 5 heteroatoms. The Morgan fingerprint density at radius 1 is 0.188 bits per heavy atom. The largest absolute Gasteiger partial charge is 0.309 e. The van der Waals surface area contributed by atoms with Crippen molar-refractivity contribution >= 4 is 108 Å². The summed E-state index contributed by atoms with van der Waals surface area (Å²) in [6, 6.07) is 98.9. The summed E-state index contributed by atoms with van der Waals surface area (Å²) in [5.74, 6) is 1.77. The highest BCUT2D eigenvalue weighted by Gasteiger charge is 2.21. The number of nitrogens with zero attached hydrogens (tertiary/aromatic N) is 5. The molecule has 17 aromatic rings. The zero-order chi connectivity index (χ0) is 52.4. The van der Waals surface area contributed by atoms with Gasteiger partial charge in [-0.15, -0.1) is 0 Å². The predicted molar refractivity (Wildman–Crippen MR) is 335 cm³/mol. The molecule has 3 heterocycles. The normalized spacial score (nSPS) is 12.0. The van der Waals surface area contributed by atoms with Crippen molar-refractivity contribution < 1.29 is 0 Å². The highest BCUT2D eigenvalue weighted by molar-refractivity contribution is 6.27. The Bertz CT molecular complexity index is 5170. The molecule has 3 aromatic heterocycles. The van der Waals surface area contributed by atoms with Gasteiger partial charge in [-0.25, -0.2) is 4.98 Å². The smallest absolute Gasteiger partial charge is 0.238 e. The Labute approximate surface area is 459 Å². The van der Waals surface area contributed by atoms with Gasteiger partial charge in [-0.2, -0.15) is 9.97 Å². The van der Waals surface area contributed by atoms with Gasteiger partial charge in [0, 0.05) is 38.4 Å². The maximum Gasteiger partial charge on any atom is 0.238 e. The second-order valence-corrected chi connectivity index (χ2v) is 21.1. The molecule has 0 bridgehead atoms. The molecule has 0 aliphatic carbocycles. The number of hydrogen-bond donors (Lipinski definition) is 0. The molecule has 0 aliphatic heterocycles. The zero-order valence-electron chi connectivity index (χ0n) is 43.2. The van der Waals surface area contributed by atoms with Crippen molar-refractivity contribution in [2.75, 3.05) is 0 Å². The molecule has 0 atom stereocenters. The Balaban J connectivity index is 0.854. The molecule has 0 spiro atoms. The van der Waals surface area contributed by atoms with E-state index in [4.69, 9.17) is 15.0 Å². The lowest BCUT2D eigenvalue weighted by molar-refractivity contribution is 0.954. The van der Waals surface area contributed by atoms with Crippen molar-refractivity contribution in [2.24, 2.45) is 0 Å². The monoisotopic (exact) mass is 1020 g/mol. The van der Waals surface area contributed by atoms with E-state index in [0.29, 0.717) is 17.6 Å². The summed E-state index contributed by atoms with van der Waals surface area (Å²) >= 11 is 0. The van der Waals surface area contributed by atoms with Crippen LogP contribution in [0.2, 0.25) is 0 Å². The third-order valence-electron chi connectivity index (χ3n) is 16.7. The van der Waals surface area contributed by atoms with E-state index in [9.17, 15) is 0 Å². The standard InChI is InChI=1S/C75H45N5/c1-2-16-46(17-3-1)47-30-36-52(37-31-47)79-69-28-14-12-26-63(69)67-42-48(34-40-71(67)79)49-35-41-72-68(43-49)64-27-13-15-29-70(64)80(72)75-77-73(50-32-38-61-57-22-6-4-18-53(57)55-20-8-10-24-59(55)65(61)44-50)76-74(78-75)51-33-39-62-58-23-7-5-19-54(58)56-21-9-11-25-60(56)66(62)45-51/h1-45H. The third-order valence-corrected chi connectivity index (χ3v) is 16.7. The molecule has 5 nitrogen and oxygen atoms in total. The van der Waals surface area contributed by atoms with Gasteiger partial charge >= 0.3 is 0 Å². The molecule has 0 aliphatic rings. The van der Waals surface area contributed by atoms with Gasteiger partial charge in [-0.3, -0.25) is 4.57 Å². The number of benzene rings is 14. The Morgan fingerprint density at radius 2 is 0.500 bits per heavy atom. The molecule has 0 saturated heterocycles. The van der Waals surface area contributed by atoms with E-state index >= 15 is 0 Å². The van der Waals surface area contributed by atoms with E-state index < -0.39 is 0 Å². The van der Waals surface area contributed by atoms with Crippen molar-refractivity contribution in [3.8, 4) is 56.7 Å². The topological polar surface area (TPSA) is 48.5 Å². The lowest BCUT2D eigenvalue weighted by Gasteiger charge is -2.14. The lowest BCUT2D eigenvalue weighted by Crippen LogP contribution is -2.06. The summed E-state index contributed by atoms with van der Waals surface area (Å²) in [4.78, 5) is 16.5. The number of hydrogen-bond acceptors (Lipinski definition) is 3. The van der Waals surface area contributed by atoms with Crippen LogP contribution >= 0.6 is 0 Å². The Morgan fingerprint density at radius 3 is 0.963 bits per heavy atom. The highest BCUT2D eigenvalue weighted by Crippen LogP contribution is 2.42. The van der Waals surface area contributed by atoms with Crippen molar-refractivity contribution in [1.82, 2.24) is 24.1 Å². The van der Waals surface area contributed by atoms with Crippen LogP contribution in [0, 0.1) is 0 Å². The summed E-state index contributed by atoms with van der Waals surface area (Å²) in [7, 11) is 0. The van der Waals surface area contributed by atoms with Crippen LogP contribution in [0.15, 0.2) is 273 Å². The van der Waals surface area contributed by atoms with Crippen LogP contribution in [0.25, 0.3) is 165 Å². The van der Waals surface area contributed by atoms with Crippen LogP contribution in [-0.2, 0) is 0 Å². The molecule has 0 unspecified atom stereocenters. The van der Waals surface area contributed by atoms with Crippen molar-refractivity contribution in [2.45, 2.75) is 0 Å². The van der Waals surface area contributed by atoms with Gasteiger partial charge in [0.2, 0.25) is 5.95 Å². The second-order valence-electron chi connectivity index (χ2n) is 21.1. The molecule has 0 N–H and O–H groups in total. The van der Waals surface area contributed by atoms with E-state index in [1.165, 1.54) is 86.8 Å². The molecule has 0 radical (unpaired) electrons. The molecular formula is C75H45N5. The number of fused-ring (bicyclic) bond motifs is 18. The van der Waals surface area contributed by atoms with Crippen LogP contribution in [-0.4, -0.2) is 24.1 Å². The summed E-state index contributed by atoms with van der Waals surface area (Å²) in [5, 5.41) is 19.2. The molecule has 17 rings (SSSR count). The van der Waals surface area contributed by atoms with Crippen LogP contribution in [0.4, 0.5) is 0 Å². The lowest BCUT2D eigenvalue weighted by atomic mass is 9.93. The first-order valence-corrected chi connectivity index (χ1v) is 27.3. The number of para-hydroxylation sites is 2. The maximum absolute atomic E-state index is 5.50. The summed E-state index contributed by atoms with van der Waals surface area (Å²) in [6.45, 7) is 0. The van der Waals surface area contributed by atoms with E-state index in [1.54, 1.807) is 0 Å². The first kappa shape index (κ1) is 44.4. The number of aromatic nitrogens is 5. The second kappa shape index (κ2) is 17.4. The van der Waals surface area contributed by atoms with Gasteiger partial charge < -0.3 is 4.57 Å². The predicted octanol–water partition coefficient (Wildman–Crippen LogP) is 19.7. The van der Waals surface area contributed by atoms with Crippen molar-refractivity contribution in [3.63, 3.8) is 0 Å². The minimum atomic E-state index is 0.557. The van der Waals surface area contributed by atoms with E-state index in [1.807, 2.05) is 0 Å². The molecule has 0 fully saturated rings. The maximum atomic E-state index is 5.50. The molecule has 0 saturated carbocycles. The summed E-state index contributed by atoms with van der Waals surface area (Å²) < 4.78 is 4.62. The van der Waals surface area contributed by atoms with E-state index in [-0.39, 0.29) is 0 Å². The first-order chi connectivity index (χ1) is 39.7. The third kappa shape index (κ3) is 6.74. The fourth-order valence-electron chi connectivity index (χ4n) is 13.0. The average molecular weight is 1020 g/mol. The quantitative estimate of drug-likeness (QED) is 0.156. The SMILES string of the molecule is c1ccc(-c2ccc(-n3c4ccccc4c4cc(-c5ccc6c(c5)c5ccccc5n6-c5nc(-c6ccc7c8ccccc8c8ccccc8c7c6)nc(-c6ccc7c8ccccc8c8ccccc8c7c6)n5)ccc43)cc2)cc1. The van der Waals surface area contributed by atoms with Gasteiger partial charge in [0.05, 0.1) is 22.1 Å². The average Bonchev–Trinajstić information content (AvgIpc) is 4.21. The number of rotatable bonds is 6. The minimum absolute atomic E-state index is 0.557. The van der Waals surface area contributed by atoms with Crippen molar-refractivity contribution in [3.05, 3.63) is 273 Å². The molecular weight excluding hydrogens is 971 g/mol. The Hall–Kier alpha value is -10.8. The van der Waals surface area contributed by atoms with Gasteiger partial charge in [-0.05, 0) is 148 Å². The van der Waals surface area contributed by atoms with Gasteiger partial charge in [-0.1, -0.05) is 212 Å². The fraction of sp³-hybridized carbons (Fsp3) is 0. The molecule has 370 valence electrons. The minimum Gasteiger partial charge on any atom is -0.309 e. The summed E-state index contributed by atoms with van der Waals surface area (Å²) in [6.07, 6.45) is 0. The summed E-state index contributed by atoms with van der Waals surface area (Å²) in [5.41, 5.74) is 12.0. The molecule has 0 amide bonds. The molecule has 14 aromatic carbocycles. The Kier molecular flexibility index (Phi) is 9.64. The van der Waals surface area contributed by atoms with E-state index in [0.717, 1.165) is 60.5 Å². The molecule has 80 heavy (non-hydrogen) atoms. The first-order valence-electron chi connectivity index (χ1n) is 27.3. The van der Waals surface area contributed by atoms with Crippen molar-refractivity contribution in [1.29, 1.82) is 0 Å². The highest BCUT2D eigenvalue weighted by atomic mass is 15.2. The van der Waals surface area contributed by atoms with E-state index in [2.05, 4.69) is 282 Å². The fourth-order valence-corrected chi connectivity index (χ4v) is 13.0. The van der Waals surface area contributed by atoms with Gasteiger partial charge in [0.1, 0.15) is 0 Å². The van der Waals surface area contributed by atoms with Crippen LogP contribution in [0.3, 0.4) is 0 Å². The zero-order valence-corrected chi connectivity index (χ0v) is 43.2. The van der Waals surface area contributed by atoms with Crippen LogP contribution < -0.4 is 0 Å². The van der Waals surface area contributed by atoms with Gasteiger partial charge in [0.25, 0.3) is 0 Å². The van der Waals surface area contributed by atoms with Gasteiger partial charge in [0.15, 0.2) is 11.6 Å².